The van der Waals surface area contributed by atoms with E-state index in [1.807, 2.05) is 31.2 Å². The van der Waals surface area contributed by atoms with Crippen molar-refractivity contribution in [3.63, 3.8) is 0 Å². The highest BCUT2D eigenvalue weighted by Crippen LogP contribution is 2.26. The maximum atomic E-state index is 6.04. The molecule has 90 valence electrons. The zero-order valence-corrected chi connectivity index (χ0v) is 10.5. The number of rotatable bonds is 1. The van der Waals surface area contributed by atoms with Crippen molar-refractivity contribution in [1.29, 1.82) is 0 Å². The number of nitrogen functional groups attached to an aromatic ring is 1. The number of hydrogen-bond donors (Lipinski definition) is 1. The van der Waals surface area contributed by atoms with Gasteiger partial charge in [0.1, 0.15) is 0 Å². The summed E-state index contributed by atoms with van der Waals surface area (Å²) < 4.78 is 1.75. The number of benzene rings is 1. The summed E-state index contributed by atoms with van der Waals surface area (Å²) in [7, 11) is 0. The van der Waals surface area contributed by atoms with Gasteiger partial charge in [0.05, 0.1) is 27.6 Å². The molecule has 0 spiro atoms. The lowest BCUT2D eigenvalue weighted by Crippen LogP contribution is -1.99. The number of pyridine rings is 1. The average molecular weight is 259 g/mol. The molecule has 1 aromatic carbocycles. The summed E-state index contributed by atoms with van der Waals surface area (Å²) in [5.74, 6) is 0. The monoisotopic (exact) mass is 258 g/mol. The molecule has 3 aromatic rings. The molecule has 18 heavy (non-hydrogen) atoms. The molecule has 0 fully saturated rings. The first-order valence-corrected chi connectivity index (χ1v) is 5.90. The Morgan fingerprint density at radius 2 is 2.11 bits per heavy atom. The van der Waals surface area contributed by atoms with E-state index in [1.54, 1.807) is 17.1 Å². The Morgan fingerprint density at radius 3 is 2.83 bits per heavy atom. The SMILES string of the molecule is Cc1nn(-c2ccc(N)c3ncccc23)cc1Cl. The van der Waals surface area contributed by atoms with Gasteiger partial charge in [0.15, 0.2) is 0 Å². The van der Waals surface area contributed by atoms with E-state index in [4.69, 9.17) is 17.3 Å². The van der Waals surface area contributed by atoms with E-state index >= 15 is 0 Å². The predicted molar refractivity (Wildman–Crippen MR) is 73.0 cm³/mol. The van der Waals surface area contributed by atoms with Crippen molar-refractivity contribution in [2.75, 3.05) is 5.73 Å². The Kier molecular flexibility index (Phi) is 2.45. The molecule has 5 heteroatoms. The van der Waals surface area contributed by atoms with Crippen molar-refractivity contribution < 1.29 is 0 Å². The van der Waals surface area contributed by atoms with Gasteiger partial charge in [0.2, 0.25) is 0 Å². The Labute approximate surface area is 109 Å². The van der Waals surface area contributed by atoms with Crippen LogP contribution in [0.4, 0.5) is 5.69 Å². The summed E-state index contributed by atoms with van der Waals surface area (Å²) in [6, 6.07) is 7.60. The molecule has 0 amide bonds. The zero-order valence-electron chi connectivity index (χ0n) is 9.76. The second-order valence-corrected chi connectivity index (χ2v) is 4.49. The number of fused-ring (bicyclic) bond motifs is 1. The molecule has 2 heterocycles. The number of aromatic nitrogens is 3. The van der Waals surface area contributed by atoms with Crippen LogP contribution in [0, 0.1) is 6.92 Å². The third kappa shape index (κ3) is 1.62. The zero-order chi connectivity index (χ0) is 12.7. The minimum absolute atomic E-state index is 0.642. The minimum atomic E-state index is 0.642. The summed E-state index contributed by atoms with van der Waals surface area (Å²) in [6.07, 6.45) is 3.51. The van der Waals surface area contributed by atoms with Gasteiger partial charge >= 0.3 is 0 Å². The summed E-state index contributed by atoms with van der Waals surface area (Å²) >= 11 is 6.04. The molecule has 0 atom stereocenters. The van der Waals surface area contributed by atoms with Crippen LogP contribution in [0.3, 0.4) is 0 Å². The molecule has 0 aliphatic rings. The van der Waals surface area contributed by atoms with E-state index in [2.05, 4.69) is 10.1 Å². The quantitative estimate of drug-likeness (QED) is 0.683. The Bertz CT molecular complexity index is 713. The minimum Gasteiger partial charge on any atom is -0.397 e. The number of aryl methyl sites for hydroxylation is 1. The molecule has 0 saturated carbocycles. The predicted octanol–water partition coefficient (Wildman–Crippen LogP) is 2.96. The van der Waals surface area contributed by atoms with Crippen LogP contribution < -0.4 is 5.73 Å². The Hall–Kier alpha value is -2.07. The van der Waals surface area contributed by atoms with Gasteiger partial charge < -0.3 is 5.73 Å². The molecular formula is C13H11ClN4. The Morgan fingerprint density at radius 1 is 1.28 bits per heavy atom. The van der Waals surface area contributed by atoms with E-state index in [1.165, 1.54) is 0 Å². The van der Waals surface area contributed by atoms with Crippen LogP contribution in [-0.2, 0) is 0 Å². The van der Waals surface area contributed by atoms with E-state index in [0.29, 0.717) is 10.7 Å². The summed E-state index contributed by atoms with van der Waals surface area (Å²) in [4.78, 5) is 4.30. The lowest BCUT2D eigenvalue weighted by Gasteiger charge is -2.07. The van der Waals surface area contributed by atoms with Crippen LogP contribution in [0.2, 0.25) is 5.02 Å². The van der Waals surface area contributed by atoms with Crippen molar-refractivity contribution in [1.82, 2.24) is 14.8 Å². The van der Waals surface area contributed by atoms with Crippen molar-refractivity contribution in [3.05, 3.63) is 47.4 Å². The topological polar surface area (TPSA) is 56.7 Å². The highest BCUT2D eigenvalue weighted by Gasteiger charge is 2.09. The van der Waals surface area contributed by atoms with Crippen LogP contribution in [0.5, 0.6) is 0 Å². The summed E-state index contributed by atoms with van der Waals surface area (Å²) in [5.41, 5.74) is 9.07. The lowest BCUT2D eigenvalue weighted by molar-refractivity contribution is 0.869. The molecule has 0 saturated heterocycles. The third-order valence-corrected chi connectivity index (χ3v) is 3.23. The van der Waals surface area contributed by atoms with Crippen LogP contribution >= 0.6 is 11.6 Å². The average Bonchev–Trinajstić information content (AvgIpc) is 2.70. The number of anilines is 1. The number of halogens is 1. The first kappa shape index (κ1) is 11.0. The summed E-state index contributed by atoms with van der Waals surface area (Å²) in [5, 5.41) is 5.97. The van der Waals surface area contributed by atoms with E-state index in [9.17, 15) is 0 Å². The third-order valence-electron chi connectivity index (χ3n) is 2.86. The fourth-order valence-corrected chi connectivity index (χ4v) is 2.07. The van der Waals surface area contributed by atoms with Crippen molar-refractivity contribution in [2.24, 2.45) is 0 Å². The second kappa shape index (κ2) is 3.99. The Balaban J connectivity index is 2.33. The lowest BCUT2D eigenvalue weighted by atomic mass is 10.1. The van der Waals surface area contributed by atoms with Gasteiger partial charge in [-0.3, -0.25) is 4.98 Å². The molecule has 2 N–H and O–H groups in total. The fourth-order valence-electron chi connectivity index (χ4n) is 1.94. The maximum absolute atomic E-state index is 6.04. The standard InChI is InChI=1S/C13H11ClN4/c1-8-10(14)7-18(17-8)12-5-4-11(15)13-9(12)3-2-6-16-13/h2-7H,15H2,1H3. The maximum Gasteiger partial charge on any atom is 0.0952 e. The molecule has 0 radical (unpaired) electrons. The van der Waals surface area contributed by atoms with Crippen LogP contribution in [-0.4, -0.2) is 14.8 Å². The van der Waals surface area contributed by atoms with E-state index in [-0.39, 0.29) is 0 Å². The van der Waals surface area contributed by atoms with E-state index < -0.39 is 0 Å². The molecule has 0 aliphatic carbocycles. The fraction of sp³-hybridized carbons (Fsp3) is 0.0769. The number of nitrogens with zero attached hydrogens (tertiary/aromatic N) is 3. The molecule has 0 bridgehead atoms. The van der Waals surface area contributed by atoms with Gasteiger partial charge in [-0.25, -0.2) is 4.68 Å². The number of nitrogens with two attached hydrogens (primary N) is 1. The molecular weight excluding hydrogens is 248 g/mol. The van der Waals surface area contributed by atoms with Gasteiger partial charge in [-0.2, -0.15) is 5.10 Å². The largest absolute Gasteiger partial charge is 0.397 e. The van der Waals surface area contributed by atoms with Gasteiger partial charge in [-0.05, 0) is 31.2 Å². The van der Waals surface area contributed by atoms with Crippen molar-refractivity contribution in [2.45, 2.75) is 6.92 Å². The van der Waals surface area contributed by atoms with Crippen molar-refractivity contribution in [3.8, 4) is 5.69 Å². The number of hydrogen-bond acceptors (Lipinski definition) is 3. The smallest absolute Gasteiger partial charge is 0.0952 e. The molecule has 0 unspecified atom stereocenters. The highest BCUT2D eigenvalue weighted by atomic mass is 35.5. The highest BCUT2D eigenvalue weighted by molar-refractivity contribution is 6.31. The van der Waals surface area contributed by atoms with Gasteiger partial charge in [-0.15, -0.1) is 0 Å². The normalized spacial score (nSPS) is 11.0. The van der Waals surface area contributed by atoms with Crippen LogP contribution in [0.1, 0.15) is 5.69 Å². The van der Waals surface area contributed by atoms with Gasteiger partial charge in [-0.1, -0.05) is 11.6 Å². The second-order valence-electron chi connectivity index (χ2n) is 4.08. The van der Waals surface area contributed by atoms with Crippen LogP contribution in [0.25, 0.3) is 16.6 Å². The van der Waals surface area contributed by atoms with Gasteiger partial charge in [0, 0.05) is 17.8 Å². The molecule has 4 nitrogen and oxygen atoms in total. The first-order valence-electron chi connectivity index (χ1n) is 5.52. The van der Waals surface area contributed by atoms with Crippen LogP contribution in [0.15, 0.2) is 36.7 Å². The first-order chi connectivity index (χ1) is 8.66. The summed E-state index contributed by atoms with van der Waals surface area (Å²) in [6.45, 7) is 1.87. The molecule has 0 aliphatic heterocycles. The van der Waals surface area contributed by atoms with Crippen molar-refractivity contribution >= 4 is 28.2 Å². The van der Waals surface area contributed by atoms with E-state index in [0.717, 1.165) is 22.3 Å². The van der Waals surface area contributed by atoms with Gasteiger partial charge in [0.25, 0.3) is 0 Å². The molecule has 3 rings (SSSR count). The molecule has 2 aromatic heterocycles.